The largest absolute Gasteiger partial charge is 0.395 e. The highest BCUT2D eigenvalue weighted by atomic mass is 35.5. The van der Waals surface area contributed by atoms with Gasteiger partial charge in [-0.15, -0.1) is 0 Å². The zero-order valence-electron chi connectivity index (χ0n) is 13.8. The van der Waals surface area contributed by atoms with Crippen LogP contribution in [-0.4, -0.2) is 34.1 Å². The highest BCUT2D eigenvalue weighted by Crippen LogP contribution is 2.21. The van der Waals surface area contributed by atoms with Crippen LogP contribution < -0.4 is 10.6 Å². The molecule has 0 aliphatic carbocycles. The number of benzene rings is 2. The van der Waals surface area contributed by atoms with E-state index in [1.807, 2.05) is 30.3 Å². The molecule has 6 nitrogen and oxygen atoms in total. The normalized spacial score (nSPS) is 10.4. The Labute approximate surface area is 155 Å². The molecule has 7 heteroatoms. The number of hydrogen-bond acceptors (Lipinski definition) is 5. The number of aromatic nitrogens is 2. The van der Waals surface area contributed by atoms with Crippen molar-refractivity contribution in [1.82, 2.24) is 15.3 Å². The van der Waals surface area contributed by atoms with Crippen LogP contribution in [0.25, 0.3) is 11.3 Å². The van der Waals surface area contributed by atoms with E-state index < -0.39 is 0 Å². The summed E-state index contributed by atoms with van der Waals surface area (Å²) in [5.41, 5.74) is 2.99. The fraction of sp³-hybridized carbons (Fsp3) is 0.105. The quantitative estimate of drug-likeness (QED) is 0.621. The van der Waals surface area contributed by atoms with Crippen LogP contribution in [0.1, 0.15) is 10.4 Å². The van der Waals surface area contributed by atoms with E-state index in [4.69, 9.17) is 16.7 Å². The lowest BCUT2D eigenvalue weighted by atomic mass is 10.1. The zero-order valence-corrected chi connectivity index (χ0v) is 14.6. The average molecular weight is 369 g/mol. The smallest absolute Gasteiger partial charge is 0.251 e. The molecule has 2 aromatic carbocycles. The molecule has 0 spiro atoms. The van der Waals surface area contributed by atoms with Gasteiger partial charge in [0.1, 0.15) is 0 Å². The third-order valence-electron chi connectivity index (χ3n) is 3.60. The van der Waals surface area contributed by atoms with Crippen LogP contribution >= 0.6 is 11.6 Å². The number of carbonyl (C=O) groups is 1. The van der Waals surface area contributed by atoms with Crippen molar-refractivity contribution in [3.8, 4) is 11.3 Å². The maximum Gasteiger partial charge on any atom is 0.251 e. The Morgan fingerprint density at radius 2 is 1.77 bits per heavy atom. The second-order valence-corrected chi connectivity index (χ2v) is 5.89. The van der Waals surface area contributed by atoms with Gasteiger partial charge in [0.15, 0.2) is 0 Å². The molecular weight excluding hydrogens is 352 g/mol. The van der Waals surface area contributed by atoms with E-state index >= 15 is 0 Å². The van der Waals surface area contributed by atoms with Crippen LogP contribution in [0.5, 0.6) is 0 Å². The van der Waals surface area contributed by atoms with Crippen LogP contribution in [-0.2, 0) is 0 Å². The van der Waals surface area contributed by atoms with Gasteiger partial charge in [0.25, 0.3) is 5.91 Å². The molecule has 3 rings (SSSR count). The van der Waals surface area contributed by atoms with E-state index in [9.17, 15) is 4.79 Å². The van der Waals surface area contributed by atoms with Gasteiger partial charge in [-0.1, -0.05) is 23.7 Å². The molecule has 0 aliphatic rings. The molecule has 3 aromatic rings. The third-order valence-corrected chi connectivity index (χ3v) is 3.85. The van der Waals surface area contributed by atoms with Gasteiger partial charge in [0.05, 0.1) is 12.3 Å². The molecule has 0 radical (unpaired) electrons. The minimum atomic E-state index is -0.230. The number of rotatable bonds is 6. The first-order valence-electron chi connectivity index (χ1n) is 8.01. The first kappa shape index (κ1) is 17.8. The van der Waals surface area contributed by atoms with Crippen LogP contribution in [0.15, 0.2) is 60.8 Å². The minimum absolute atomic E-state index is 0.0906. The Morgan fingerprint density at radius 3 is 2.46 bits per heavy atom. The highest BCUT2D eigenvalue weighted by Gasteiger charge is 2.06. The van der Waals surface area contributed by atoms with E-state index in [-0.39, 0.29) is 19.1 Å². The number of nitrogens with one attached hydrogen (secondary N) is 2. The summed E-state index contributed by atoms with van der Waals surface area (Å²) >= 11 is 5.91. The fourth-order valence-corrected chi connectivity index (χ4v) is 2.43. The summed E-state index contributed by atoms with van der Waals surface area (Å²) in [5.74, 6) is 0.224. The molecule has 0 saturated carbocycles. The Kier molecular flexibility index (Phi) is 5.78. The first-order chi connectivity index (χ1) is 12.7. The molecule has 3 N–H and O–H groups in total. The van der Waals surface area contributed by atoms with Gasteiger partial charge in [-0.2, -0.15) is 0 Å². The van der Waals surface area contributed by atoms with Crippen molar-refractivity contribution < 1.29 is 9.90 Å². The molecule has 0 bridgehead atoms. The van der Waals surface area contributed by atoms with Crippen molar-refractivity contribution in [2.45, 2.75) is 0 Å². The maximum atomic E-state index is 11.8. The lowest BCUT2D eigenvalue weighted by molar-refractivity contribution is 0.0945. The van der Waals surface area contributed by atoms with Crippen molar-refractivity contribution in [3.05, 3.63) is 71.4 Å². The van der Waals surface area contributed by atoms with Crippen LogP contribution in [0.4, 0.5) is 11.6 Å². The fourth-order valence-electron chi connectivity index (χ4n) is 2.31. The number of aliphatic hydroxyl groups excluding tert-OH is 1. The summed E-state index contributed by atoms with van der Waals surface area (Å²) in [6.45, 7) is 0.136. The number of aliphatic hydroxyl groups is 1. The van der Waals surface area contributed by atoms with E-state index in [1.54, 1.807) is 30.5 Å². The molecule has 0 fully saturated rings. The number of amides is 1. The van der Waals surface area contributed by atoms with Crippen LogP contribution in [0.2, 0.25) is 5.02 Å². The monoisotopic (exact) mass is 368 g/mol. The molecule has 0 unspecified atom stereocenters. The summed E-state index contributed by atoms with van der Waals surface area (Å²) < 4.78 is 0. The predicted molar refractivity (Wildman–Crippen MR) is 102 cm³/mol. The first-order valence-corrected chi connectivity index (χ1v) is 8.38. The van der Waals surface area contributed by atoms with Gasteiger partial charge in [0.2, 0.25) is 5.95 Å². The SMILES string of the molecule is O=C(NCCO)c1ccc(Nc2nccc(-c3ccc(Cl)cc3)n2)cc1. The van der Waals surface area contributed by atoms with E-state index in [0.29, 0.717) is 16.5 Å². The van der Waals surface area contributed by atoms with Gasteiger partial charge in [0, 0.05) is 34.6 Å². The van der Waals surface area contributed by atoms with Crippen molar-refractivity contribution in [2.24, 2.45) is 0 Å². The lowest BCUT2D eigenvalue weighted by Gasteiger charge is -2.08. The van der Waals surface area contributed by atoms with Gasteiger partial charge in [-0.25, -0.2) is 9.97 Å². The molecule has 132 valence electrons. The number of hydrogen-bond donors (Lipinski definition) is 3. The summed E-state index contributed by atoms with van der Waals surface area (Å²) in [6, 6.07) is 16.2. The Hall–Kier alpha value is -2.96. The van der Waals surface area contributed by atoms with Crippen LogP contribution in [0, 0.1) is 0 Å². The molecule has 0 atom stereocenters. The molecule has 1 amide bonds. The van der Waals surface area contributed by atoms with Crippen LogP contribution in [0.3, 0.4) is 0 Å². The van der Waals surface area contributed by atoms with Crippen molar-refractivity contribution >= 4 is 29.1 Å². The zero-order chi connectivity index (χ0) is 18.4. The standard InChI is InChI=1S/C19H17ClN4O2/c20-15-5-1-13(2-6-15)17-9-10-22-19(24-17)23-16-7-3-14(4-8-16)18(26)21-11-12-25/h1-10,25H,11-12H2,(H,21,26)(H,22,23,24). The van der Waals surface area contributed by atoms with E-state index in [2.05, 4.69) is 20.6 Å². The summed E-state index contributed by atoms with van der Waals surface area (Å²) in [6.07, 6.45) is 1.68. The van der Waals surface area contributed by atoms with E-state index in [0.717, 1.165) is 16.9 Å². The summed E-state index contributed by atoms with van der Waals surface area (Å²) in [4.78, 5) is 20.5. The molecular formula is C19H17ClN4O2. The van der Waals surface area contributed by atoms with Gasteiger partial charge >= 0.3 is 0 Å². The maximum absolute atomic E-state index is 11.8. The molecule has 0 aliphatic heterocycles. The summed E-state index contributed by atoms with van der Waals surface area (Å²) in [7, 11) is 0. The Bertz CT molecular complexity index is 883. The second-order valence-electron chi connectivity index (χ2n) is 5.45. The average Bonchev–Trinajstić information content (AvgIpc) is 2.67. The van der Waals surface area contributed by atoms with Crippen molar-refractivity contribution in [3.63, 3.8) is 0 Å². The molecule has 1 aromatic heterocycles. The van der Waals surface area contributed by atoms with Gasteiger partial charge < -0.3 is 15.7 Å². The molecule has 26 heavy (non-hydrogen) atoms. The molecule has 1 heterocycles. The third kappa shape index (κ3) is 4.56. The lowest BCUT2D eigenvalue weighted by Crippen LogP contribution is -2.26. The number of halogens is 1. The van der Waals surface area contributed by atoms with Crippen molar-refractivity contribution in [1.29, 1.82) is 0 Å². The Balaban J connectivity index is 1.72. The van der Waals surface area contributed by atoms with E-state index in [1.165, 1.54) is 0 Å². The Morgan fingerprint density at radius 1 is 1.04 bits per heavy atom. The van der Waals surface area contributed by atoms with Gasteiger partial charge in [-0.3, -0.25) is 4.79 Å². The second kappa shape index (κ2) is 8.42. The molecule has 0 saturated heterocycles. The van der Waals surface area contributed by atoms with Gasteiger partial charge in [-0.05, 0) is 42.5 Å². The highest BCUT2D eigenvalue weighted by molar-refractivity contribution is 6.30. The number of anilines is 2. The number of nitrogens with zero attached hydrogens (tertiary/aromatic N) is 2. The minimum Gasteiger partial charge on any atom is -0.395 e. The van der Waals surface area contributed by atoms with Crippen molar-refractivity contribution in [2.75, 3.05) is 18.5 Å². The number of carbonyl (C=O) groups excluding carboxylic acids is 1. The topological polar surface area (TPSA) is 87.1 Å². The summed E-state index contributed by atoms with van der Waals surface area (Å²) in [5, 5.41) is 15.1. The predicted octanol–water partition coefficient (Wildman–Crippen LogP) is 3.26.